The third-order valence-electron chi connectivity index (χ3n) is 4.58. The summed E-state index contributed by atoms with van der Waals surface area (Å²) in [6.07, 6.45) is 11.1. The Balaban J connectivity index is 1.87. The summed E-state index contributed by atoms with van der Waals surface area (Å²) >= 11 is 0. The summed E-state index contributed by atoms with van der Waals surface area (Å²) in [7, 11) is 0. The van der Waals surface area contributed by atoms with Gasteiger partial charge in [-0.05, 0) is 80.9 Å². The molecule has 0 N–H and O–H groups in total. The fraction of sp³-hybridized carbons (Fsp3) is 0.100. The molecular weight excluding hydrogens is 240 g/mol. The molecule has 2 aliphatic rings. The first-order valence-corrected chi connectivity index (χ1v) is 7.23. The molecule has 0 spiro atoms. The Hall–Kier alpha value is -2.34. The van der Waals surface area contributed by atoms with Gasteiger partial charge in [-0.3, -0.25) is 0 Å². The van der Waals surface area contributed by atoms with Crippen LogP contribution in [0.5, 0.6) is 0 Å². The molecule has 0 radical (unpaired) electrons. The predicted molar refractivity (Wildman–Crippen MR) is 86.9 cm³/mol. The lowest BCUT2D eigenvalue weighted by molar-refractivity contribution is 1.32. The highest BCUT2D eigenvalue weighted by atomic mass is 14.1. The smallest absolute Gasteiger partial charge is 0.00880 e. The van der Waals surface area contributed by atoms with Crippen LogP contribution in [-0.2, 0) is 12.8 Å². The van der Waals surface area contributed by atoms with Crippen molar-refractivity contribution >= 4 is 33.7 Å². The van der Waals surface area contributed by atoms with Crippen LogP contribution in [0, 0.1) is 0 Å². The van der Waals surface area contributed by atoms with Crippen LogP contribution >= 0.6 is 0 Å². The lowest BCUT2D eigenvalue weighted by Crippen LogP contribution is -1.86. The van der Waals surface area contributed by atoms with E-state index >= 15 is 0 Å². The quantitative estimate of drug-likeness (QED) is 0.488. The largest absolute Gasteiger partial charge is 0.0795 e. The van der Waals surface area contributed by atoms with Crippen LogP contribution in [0.1, 0.15) is 22.3 Å². The lowest BCUT2D eigenvalue weighted by Gasteiger charge is -2.08. The summed E-state index contributed by atoms with van der Waals surface area (Å²) in [5.74, 6) is 0. The molecule has 0 heterocycles. The molecule has 0 amide bonds. The van der Waals surface area contributed by atoms with Crippen molar-refractivity contribution in [2.24, 2.45) is 0 Å². The number of benzene rings is 3. The molecule has 5 rings (SSSR count). The van der Waals surface area contributed by atoms with Gasteiger partial charge in [-0.25, -0.2) is 0 Å². The molecule has 0 fully saturated rings. The first-order chi connectivity index (χ1) is 9.87. The van der Waals surface area contributed by atoms with Crippen molar-refractivity contribution in [3.63, 3.8) is 0 Å². The zero-order valence-electron chi connectivity index (χ0n) is 11.2. The Morgan fingerprint density at radius 2 is 0.950 bits per heavy atom. The topological polar surface area (TPSA) is 0 Å². The molecule has 0 atom stereocenters. The molecule has 2 aliphatic carbocycles. The van der Waals surface area contributed by atoms with E-state index in [1.807, 2.05) is 0 Å². The Kier molecular flexibility index (Phi) is 1.88. The number of hydrogen-bond donors (Lipinski definition) is 0. The van der Waals surface area contributed by atoms with E-state index in [4.69, 9.17) is 0 Å². The van der Waals surface area contributed by atoms with E-state index in [0.29, 0.717) is 0 Å². The SMILES string of the molecule is C1=Cc2cc3cc4cc5c(cc4cc3cc2C1)C=CC5. The average Bonchev–Trinajstić information content (AvgIpc) is 3.07. The highest BCUT2D eigenvalue weighted by Crippen LogP contribution is 2.32. The van der Waals surface area contributed by atoms with Crippen molar-refractivity contribution in [1.82, 2.24) is 0 Å². The normalized spacial score (nSPS) is 15.2. The van der Waals surface area contributed by atoms with Crippen LogP contribution in [0.3, 0.4) is 0 Å². The van der Waals surface area contributed by atoms with Gasteiger partial charge in [0.2, 0.25) is 0 Å². The number of allylic oxidation sites excluding steroid dienone is 2. The van der Waals surface area contributed by atoms with Crippen molar-refractivity contribution < 1.29 is 0 Å². The third-order valence-corrected chi connectivity index (χ3v) is 4.58. The molecule has 0 unspecified atom stereocenters. The first kappa shape index (κ1) is 10.4. The molecule has 0 aromatic heterocycles. The second kappa shape index (κ2) is 3.61. The van der Waals surface area contributed by atoms with E-state index in [0.717, 1.165) is 12.8 Å². The van der Waals surface area contributed by atoms with Crippen molar-refractivity contribution in [3.05, 3.63) is 70.8 Å². The van der Waals surface area contributed by atoms with Crippen molar-refractivity contribution in [1.29, 1.82) is 0 Å². The standard InChI is InChI=1S/C20H14/c1-3-13-7-17-11-19-9-15-5-2-6-16(15)10-20(19)12-18(17)8-14(13)4-1/h1-3,6-12H,4-5H2. The summed E-state index contributed by atoms with van der Waals surface area (Å²) < 4.78 is 0. The molecule has 3 aromatic carbocycles. The van der Waals surface area contributed by atoms with Crippen molar-refractivity contribution in [2.75, 3.05) is 0 Å². The summed E-state index contributed by atoms with van der Waals surface area (Å²) in [5.41, 5.74) is 5.69. The van der Waals surface area contributed by atoms with Crippen LogP contribution in [0.15, 0.2) is 48.6 Å². The predicted octanol–water partition coefficient (Wildman–Crippen LogP) is 5.13. The van der Waals surface area contributed by atoms with E-state index in [1.54, 1.807) is 0 Å². The number of rotatable bonds is 0. The van der Waals surface area contributed by atoms with Gasteiger partial charge < -0.3 is 0 Å². The maximum atomic E-state index is 2.35. The molecule has 3 aromatic rings. The summed E-state index contributed by atoms with van der Waals surface area (Å²) in [6, 6.07) is 14.1. The molecule has 94 valence electrons. The van der Waals surface area contributed by atoms with E-state index < -0.39 is 0 Å². The first-order valence-electron chi connectivity index (χ1n) is 7.23. The van der Waals surface area contributed by atoms with Gasteiger partial charge in [0.25, 0.3) is 0 Å². The van der Waals surface area contributed by atoms with Gasteiger partial charge in [0.15, 0.2) is 0 Å². The van der Waals surface area contributed by atoms with E-state index in [9.17, 15) is 0 Å². The molecule has 0 heteroatoms. The molecule has 0 aliphatic heterocycles. The summed E-state index contributed by atoms with van der Waals surface area (Å²) in [5, 5.41) is 5.44. The van der Waals surface area contributed by atoms with Crippen molar-refractivity contribution in [2.45, 2.75) is 12.8 Å². The molecule has 20 heavy (non-hydrogen) atoms. The highest BCUT2D eigenvalue weighted by Gasteiger charge is 2.10. The van der Waals surface area contributed by atoms with E-state index in [2.05, 4.69) is 60.7 Å². The Bertz CT molecular complexity index is 860. The maximum Gasteiger partial charge on any atom is -0.00880 e. The molecule has 0 saturated carbocycles. The van der Waals surface area contributed by atoms with Crippen molar-refractivity contribution in [3.8, 4) is 0 Å². The highest BCUT2D eigenvalue weighted by molar-refractivity contribution is 6.01. The second-order valence-corrected chi connectivity index (χ2v) is 5.86. The fourth-order valence-corrected chi connectivity index (χ4v) is 3.52. The number of hydrogen-bond acceptors (Lipinski definition) is 0. The van der Waals surface area contributed by atoms with Crippen LogP contribution in [0.4, 0.5) is 0 Å². The lowest BCUT2D eigenvalue weighted by atomic mass is 9.96. The Morgan fingerprint density at radius 3 is 1.45 bits per heavy atom. The fourth-order valence-electron chi connectivity index (χ4n) is 3.52. The van der Waals surface area contributed by atoms with Gasteiger partial charge in [-0.1, -0.05) is 36.4 Å². The zero-order chi connectivity index (χ0) is 13.1. The molecule has 0 bridgehead atoms. The van der Waals surface area contributed by atoms with Gasteiger partial charge >= 0.3 is 0 Å². The molecule has 0 saturated heterocycles. The molecule has 0 nitrogen and oxygen atoms in total. The van der Waals surface area contributed by atoms with Gasteiger partial charge in [0, 0.05) is 0 Å². The van der Waals surface area contributed by atoms with Gasteiger partial charge in [0.05, 0.1) is 0 Å². The Labute approximate surface area is 118 Å². The van der Waals surface area contributed by atoms with Crippen LogP contribution in [0.2, 0.25) is 0 Å². The van der Waals surface area contributed by atoms with Gasteiger partial charge in [0.1, 0.15) is 0 Å². The van der Waals surface area contributed by atoms with Gasteiger partial charge in [-0.2, -0.15) is 0 Å². The minimum atomic E-state index is 1.08. The van der Waals surface area contributed by atoms with Crippen LogP contribution < -0.4 is 0 Å². The monoisotopic (exact) mass is 254 g/mol. The average molecular weight is 254 g/mol. The Morgan fingerprint density at radius 1 is 0.500 bits per heavy atom. The number of fused-ring (bicyclic) bond motifs is 4. The van der Waals surface area contributed by atoms with E-state index in [1.165, 1.54) is 43.8 Å². The molecular formula is C20H14. The summed E-state index contributed by atoms with van der Waals surface area (Å²) in [4.78, 5) is 0. The summed E-state index contributed by atoms with van der Waals surface area (Å²) in [6.45, 7) is 0. The second-order valence-electron chi connectivity index (χ2n) is 5.86. The van der Waals surface area contributed by atoms with Crippen LogP contribution in [0.25, 0.3) is 33.7 Å². The zero-order valence-corrected chi connectivity index (χ0v) is 11.2. The maximum absolute atomic E-state index is 2.35. The van der Waals surface area contributed by atoms with E-state index in [-0.39, 0.29) is 0 Å². The van der Waals surface area contributed by atoms with Gasteiger partial charge in [-0.15, -0.1) is 0 Å². The minimum Gasteiger partial charge on any atom is -0.0795 e. The third kappa shape index (κ3) is 1.36. The van der Waals surface area contributed by atoms with Crippen LogP contribution in [-0.4, -0.2) is 0 Å². The minimum absolute atomic E-state index is 1.08.